The van der Waals surface area contributed by atoms with E-state index in [0.29, 0.717) is 5.52 Å². The Hall–Kier alpha value is -1.76. The van der Waals surface area contributed by atoms with Crippen LogP contribution in [0.2, 0.25) is 5.02 Å². The molecule has 0 saturated carbocycles. The Labute approximate surface area is 174 Å². The van der Waals surface area contributed by atoms with Crippen LogP contribution in [0.15, 0.2) is 69.3 Å². The van der Waals surface area contributed by atoms with Crippen LogP contribution in [0.25, 0.3) is 16.6 Å². The van der Waals surface area contributed by atoms with Crippen molar-refractivity contribution in [2.75, 3.05) is 0 Å². The van der Waals surface area contributed by atoms with Gasteiger partial charge < -0.3 is 0 Å². The zero-order valence-electron chi connectivity index (χ0n) is 14.5. The number of fused-ring (bicyclic) bond motifs is 1. The summed E-state index contributed by atoms with van der Waals surface area (Å²) < 4.78 is 19.5. The van der Waals surface area contributed by atoms with E-state index in [1.165, 1.54) is 0 Å². The number of aryl methyl sites for hydroxylation is 1. The topological polar surface area (TPSA) is 22.8 Å². The Morgan fingerprint density at radius 1 is 1.19 bits per heavy atom. The van der Waals surface area contributed by atoms with Crippen molar-refractivity contribution in [1.29, 1.82) is 0 Å². The molecule has 0 unspecified atom stereocenters. The molecule has 0 spiro atoms. The molecule has 27 heavy (non-hydrogen) atoms. The summed E-state index contributed by atoms with van der Waals surface area (Å²) in [6.07, 6.45) is 4.65. The highest BCUT2D eigenvalue weighted by Crippen LogP contribution is 2.44. The Morgan fingerprint density at radius 3 is 2.70 bits per heavy atom. The van der Waals surface area contributed by atoms with Crippen molar-refractivity contribution in [1.82, 2.24) is 14.3 Å². The molecule has 2 heterocycles. The van der Waals surface area contributed by atoms with Gasteiger partial charge in [-0.1, -0.05) is 48.5 Å². The van der Waals surface area contributed by atoms with Gasteiger partial charge in [0.25, 0.3) is 0 Å². The summed E-state index contributed by atoms with van der Waals surface area (Å²) in [7, 11) is 0. The van der Waals surface area contributed by atoms with E-state index in [4.69, 9.17) is 11.6 Å². The number of halogens is 3. The Balaban J connectivity index is 1.94. The van der Waals surface area contributed by atoms with Crippen LogP contribution in [-0.2, 0) is 6.54 Å². The van der Waals surface area contributed by atoms with Gasteiger partial charge in [-0.2, -0.15) is 5.10 Å². The maximum absolute atomic E-state index is 15.0. The predicted octanol–water partition coefficient (Wildman–Crippen LogP) is 6.94. The zero-order valence-corrected chi connectivity index (χ0v) is 17.7. The van der Waals surface area contributed by atoms with Crippen LogP contribution in [0.1, 0.15) is 13.3 Å². The minimum absolute atomic E-state index is 0.103. The van der Waals surface area contributed by atoms with Crippen molar-refractivity contribution in [3.05, 3.63) is 70.3 Å². The van der Waals surface area contributed by atoms with Gasteiger partial charge in [0.05, 0.1) is 27.3 Å². The van der Waals surface area contributed by atoms with Crippen molar-refractivity contribution in [3.8, 4) is 5.69 Å². The SMILES string of the molecule is CCCn1cc(-n2c(Br)c(Sc3ccccc3)c3ccc(Cl)c(F)c32)cn1. The molecular formula is C20H16BrClFN3S. The van der Waals surface area contributed by atoms with Crippen LogP contribution >= 0.6 is 39.3 Å². The lowest BCUT2D eigenvalue weighted by atomic mass is 10.2. The summed E-state index contributed by atoms with van der Waals surface area (Å²) in [4.78, 5) is 2.02. The summed E-state index contributed by atoms with van der Waals surface area (Å²) in [5, 5.41) is 5.30. The molecule has 4 rings (SSSR count). The van der Waals surface area contributed by atoms with Gasteiger partial charge in [-0.15, -0.1) is 0 Å². The average molecular weight is 465 g/mol. The molecule has 138 valence electrons. The third-order valence-corrected chi connectivity index (χ3v) is 6.65. The lowest BCUT2D eigenvalue weighted by molar-refractivity contribution is 0.602. The van der Waals surface area contributed by atoms with Crippen LogP contribution in [-0.4, -0.2) is 14.3 Å². The smallest absolute Gasteiger partial charge is 0.166 e. The molecule has 0 amide bonds. The summed E-state index contributed by atoms with van der Waals surface area (Å²) in [6, 6.07) is 13.5. The zero-order chi connectivity index (χ0) is 19.0. The van der Waals surface area contributed by atoms with Crippen LogP contribution in [0.5, 0.6) is 0 Å². The van der Waals surface area contributed by atoms with Crippen LogP contribution < -0.4 is 0 Å². The number of aromatic nitrogens is 3. The van der Waals surface area contributed by atoms with Crippen LogP contribution in [0.4, 0.5) is 4.39 Å². The second-order valence-electron chi connectivity index (χ2n) is 6.09. The van der Waals surface area contributed by atoms with Gasteiger partial charge in [0.2, 0.25) is 0 Å². The quantitative estimate of drug-likeness (QED) is 0.319. The van der Waals surface area contributed by atoms with Gasteiger partial charge in [-0.25, -0.2) is 4.39 Å². The van der Waals surface area contributed by atoms with Gasteiger partial charge in [-0.05, 0) is 46.6 Å². The number of hydrogen-bond acceptors (Lipinski definition) is 2. The van der Waals surface area contributed by atoms with E-state index in [-0.39, 0.29) is 5.02 Å². The van der Waals surface area contributed by atoms with Gasteiger partial charge in [0.15, 0.2) is 5.82 Å². The molecule has 0 N–H and O–H groups in total. The molecule has 0 radical (unpaired) electrons. The second-order valence-corrected chi connectivity index (χ2v) is 8.33. The molecule has 7 heteroatoms. The molecule has 0 fully saturated rings. The summed E-state index contributed by atoms with van der Waals surface area (Å²) in [6.45, 7) is 2.90. The maximum atomic E-state index is 15.0. The molecule has 2 aromatic carbocycles. The minimum Gasteiger partial charge on any atom is -0.297 e. The molecule has 4 aromatic rings. The van der Waals surface area contributed by atoms with E-state index in [9.17, 15) is 0 Å². The van der Waals surface area contributed by atoms with Crippen molar-refractivity contribution in [2.45, 2.75) is 29.7 Å². The molecule has 0 atom stereocenters. The van der Waals surface area contributed by atoms with Crippen LogP contribution in [0.3, 0.4) is 0 Å². The molecule has 0 aliphatic heterocycles. The second kappa shape index (κ2) is 7.70. The highest BCUT2D eigenvalue weighted by molar-refractivity contribution is 9.10. The van der Waals surface area contributed by atoms with E-state index in [1.54, 1.807) is 24.0 Å². The molecule has 3 nitrogen and oxygen atoms in total. The van der Waals surface area contributed by atoms with E-state index < -0.39 is 5.82 Å². The van der Waals surface area contributed by atoms with E-state index in [1.807, 2.05) is 51.8 Å². The molecular weight excluding hydrogens is 449 g/mol. The fourth-order valence-corrected chi connectivity index (χ4v) is 4.99. The normalized spacial score (nSPS) is 11.4. The lowest BCUT2D eigenvalue weighted by Crippen LogP contribution is -1.97. The van der Waals surface area contributed by atoms with E-state index in [0.717, 1.165) is 38.4 Å². The molecule has 0 bridgehead atoms. The minimum atomic E-state index is -0.432. The average Bonchev–Trinajstić information content (AvgIpc) is 3.23. The van der Waals surface area contributed by atoms with Crippen molar-refractivity contribution < 1.29 is 4.39 Å². The standard InChI is InChI=1S/C20H16BrClFN3S/c1-2-10-25-12-13(11-24-25)26-18-15(8-9-16(22)17(18)23)19(20(26)21)27-14-6-4-3-5-7-14/h3-9,11-12H,2,10H2,1H3. The number of nitrogens with zero attached hydrogens (tertiary/aromatic N) is 3. The lowest BCUT2D eigenvalue weighted by Gasteiger charge is -2.05. The maximum Gasteiger partial charge on any atom is 0.166 e. The van der Waals surface area contributed by atoms with Crippen molar-refractivity contribution >= 4 is 50.2 Å². The predicted molar refractivity (Wildman–Crippen MR) is 113 cm³/mol. The van der Waals surface area contributed by atoms with Gasteiger partial charge in [0, 0.05) is 23.0 Å². The van der Waals surface area contributed by atoms with E-state index in [2.05, 4.69) is 28.0 Å². The summed E-state index contributed by atoms with van der Waals surface area (Å²) in [5.41, 5.74) is 1.24. The first-order valence-corrected chi connectivity index (χ1v) is 10.5. The van der Waals surface area contributed by atoms with Crippen molar-refractivity contribution in [2.24, 2.45) is 0 Å². The van der Waals surface area contributed by atoms with Crippen molar-refractivity contribution in [3.63, 3.8) is 0 Å². The third kappa shape index (κ3) is 3.42. The van der Waals surface area contributed by atoms with E-state index >= 15 is 4.39 Å². The first-order valence-electron chi connectivity index (χ1n) is 8.53. The fraction of sp³-hybridized carbons (Fsp3) is 0.150. The highest BCUT2D eigenvalue weighted by atomic mass is 79.9. The monoisotopic (exact) mass is 463 g/mol. The number of hydrogen-bond donors (Lipinski definition) is 0. The number of benzene rings is 2. The molecule has 0 aliphatic carbocycles. The van der Waals surface area contributed by atoms with Gasteiger partial charge >= 0.3 is 0 Å². The Morgan fingerprint density at radius 2 is 1.96 bits per heavy atom. The Kier molecular flexibility index (Phi) is 5.30. The largest absolute Gasteiger partial charge is 0.297 e. The summed E-state index contributed by atoms with van der Waals surface area (Å²) >= 11 is 11.4. The van der Waals surface area contributed by atoms with Gasteiger partial charge in [-0.3, -0.25) is 9.25 Å². The highest BCUT2D eigenvalue weighted by Gasteiger charge is 2.22. The van der Waals surface area contributed by atoms with Gasteiger partial charge in [0.1, 0.15) is 4.60 Å². The summed E-state index contributed by atoms with van der Waals surface area (Å²) in [5.74, 6) is -0.432. The Bertz CT molecular complexity index is 1110. The van der Waals surface area contributed by atoms with Crippen LogP contribution in [0, 0.1) is 5.82 Å². The fourth-order valence-electron chi connectivity index (χ4n) is 3.02. The molecule has 0 aliphatic rings. The molecule has 2 aromatic heterocycles. The first kappa shape index (κ1) is 18.6. The first-order chi connectivity index (χ1) is 13.1. The number of rotatable bonds is 5. The third-order valence-electron chi connectivity index (χ3n) is 4.21. The molecule has 0 saturated heterocycles.